The Labute approximate surface area is 201 Å². The molecule has 0 heterocycles. The minimum absolute atomic E-state index is 0.231. The highest BCUT2D eigenvalue weighted by molar-refractivity contribution is 6.50. The second-order valence-corrected chi connectivity index (χ2v) is 8.23. The molecule has 35 heavy (non-hydrogen) atoms. The van der Waals surface area contributed by atoms with Crippen LogP contribution in [0, 0.1) is 13.8 Å². The van der Waals surface area contributed by atoms with Crippen molar-refractivity contribution in [1.29, 1.82) is 0 Å². The van der Waals surface area contributed by atoms with Crippen LogP contribution in [-0.2, 0) is 14.4 Å². The molecule has 0 saturated heterocycles. The van der Waals surface area contributed by atoms with E-state index in [4.69, 9.17) is 0 Å². The van der Waals surface area contributed by atoms with E-state index in [1.54, 1.807) is 54.6 Å². The average Bonchev–Trinajstić information content (AvgIpc) is 2.85. The summed E-state index contributed by atoms with van der Waals surface area (Å²) in [4.78, 5) is 61.7. The summed E-state index contributed by atoms with van der Waals surface area (Å²) in [5.74, 6) is -3.43. The van der Waals surface area contributed by atoms with Crippen molar-refractivity contribution >= 4 is 46.1 Å². The molecule has 0 atom stereocenters. The van der Waals surface area contributed by atoms with Crippen molar-refractivity contribution in [2.75, 3.05) is 10.6 Å². The molecule has 3 aromatic rings. The number of hydrogen-bond donors (Lipinski definition) is 2. The molecule has 1 aliphatic rings. The Balaban J connectivity index is 1.47. The predicted octanol–water partition coefficient (Wildman–Crippen LogP) is 4.30. The molecule has 0 spiro atoms. The normalized spacial score (nSPS) is 12.5. The van der Waals surface area contributed by atoms with Gasteiger partial charge in [0.2, 0.25) is 17.3 Å². The molecular formula is C28H22N2O5. The van der Waals surface area contributed by atoms with Gasteiger partial charge in [-0.3, -0.25) is 24.0 Å². The Morgan fingerprint density at radius 1 is 0.829 bits per heavy atom. The number of carbonyl (C=O) groups excluding carboxylic acids is 5. The second-order valence-electron chi connectivity index (χ2n) is 8.23. The van der Waals surface area contributed by atoms with Gasteiger partial charge in [-0.25, -0.2) is 0 Å². The summed E-state index contributed by atoms with van der Waals surface area (Å²) in [5, 5.41) is 5.65. The predicted molar refractivity (Wildman–Crippen MR) is 132 cm³/mol. The van der Waals surface area contributed by atoms with Crippen LogP contribution in [0.4, 0.5) is 11.4 Å². The molecule has 3 aromatic carbocycles. The van der Waals surface area contributed by atoms with Gasteiger partial charge in [0.05, 0.1) is 12.1 Å². The van der Waals surface area contributed by atoms with E-state index in [9.17, 15) is 24.0 Å². The van der Waals surface area contributed by atoms with Gasteiger partial charge < -0.3 is 10.6 Å². The van der Waals surface area contributed by atoms with Crippen LogP contribution in [-0.4, -0.2) is 29.0 Å². The zero-order valence-electron chi connectivity index (χ0n) is 19.2. The van der Waals surface area contributed by atoms with E-state index in [1.165, 1.54) is 12.1 Å². The number of amides is 1. The van der Waals surface area contributed by atoms with Crippen molar-refractivity contribution in [2.45, 2.75) is 20.3 Å². The van der Waals surface area contributed by atoms with Gasteiger partial charge in [-0.2, -0.15) is 0 Å². The molecule has 0 saturated carbocycles. The number of rotatable bonds is 7. The molecule has 0 fully saturated rings. The number of aryl methyl sites for hydroxylation is 1. The van der Waals surface area contributed by atoms with Gasteiger partial charge in [0.15, 0.2) is 5.78 Å². The van der Waals surface area contributed by atoms with Crippen LogP contribution in [0.3, 0.4) is 0 Å². The van der Waals surface area contributed by atoms with Gasteiger partial charge in [-0.1, -0.05) is 48.5 Å². The topological polar surface area (TPSA) is 109 Å². The Bertz CT molecular complexity index is 1430. The molecule has 2 N–H and O–H groups in total. The largest absolute Gasteiger partial charge is 0.355 e. The molecule has 0 unspecified atom stereocenters. The quantitative estimate of drug-likeness (QED) is 0.305. The fourth-order valence-corrected chi connectivity index (χ4v) is 3.76. The van der Waals surface area contributed by atoms with Crippen LogP contribution >= 0.6 is 0 Å². The van der Waals surface area contributed by atoms with Gasteiger partial charge >= 0.3 is 0 Å². The first-order valence-electron chi connectivity index (χ1n) is 10.9. The fourth-order valence-electron chi connectivity index (χ4n) is 3.76. The minimum Gasteiger partial charge on any atom is -0.355 e. The number of benzene rings is 3. The molecule has 1 amide bonds. The maximum absolute atomic E-state index is 12.7. The number of Topliss-reactive ketones (excluding diaryl/α,β-unsaturated/α-hetero) is 3. The lowest BCUT2D eigenvalue weighted by Crippen LogP contribution is -2.25. The lowest BCUT2D eigenvalue weighted by molar-refractivity contribution is -0.134. The molecule has 7 heteroatoms. The van der Waals surface area contributed by atoms with E-state index in [1.807, 2.05) is 19.9 Å². The van der Waals surface area contributed by atoms with Crippen molar-refractivity contribution < 1.29 is 24.0 Å². The Morgan fingerprint density at radius 2 is 1.54 bits per heavy atom. The Hall–Kier alpha value is -4.65. The van der Waals surface area contributed by atoms with Crippen LogP contribution in [0.5, 0.6) is 0 Å². The Morgan fingerprint density at radius 3 is 2.31 bits per heavy atom. The zero-order chi connectivity index (χ0) is 25.1. The lowest BCUT2D eigenvalue weighted by atomic mass is 9.92. The van der Waals surface area contributed by atoms with Crippen molar-refractivity contribution in [2.24, 2.45) is 0 Å². The third-order valence-electron chi connectivity index (χ3n) is 5.85. The monoisotopic (exact) mass is 466 g/mol. The van der Waals surface area contributed by atoms with E-state index in [-0.39, 0.29) is 5.56 Å². The molecule has 0 radical (unpaired) electrons. The number of ketones is 4. The van der Waals surface area contributed by atoms with E-state index in [0.29, 0.717) is 28.2 Å². The smallest absolute Gasteiger partial charge is 0.292 e. The molecule has 1 aliphatic carbocycles. The standard InChI is InChI=1S/C28H22N2O5/c1-16-7-5-12-22(17(16)2)30-28(35)26(33)15-24(31)18-8-6-9-19(13-18)29-23-14-25(32)27(34)21-11-4-3-10-20(21)23/h3-14,29H,15H2,1-2H3,(H,30,35). The van der Waals surface area contributed by atoms with Crippen molar-refractivity contribution in [3.63, 3.8) is 0 Å². The van der Waals surface area contributed by atoms with Crippen LogP contribution in [0.2, 0.25) is 0 Å². The van der Waals surface area contributed by atoms with E-state index in [0.717, 1.165) is 11.1 Å². The van der Waals surface area contributed by atoms with Gasteiger partial charge in [-0.05, 0) is 43.2 Å². The van der Waals surface area contributed by atoms with E-state index >= 15 is 0 Å². The SMILES string of the molecule is Cc1cccc(NC(=O)C(=O)CC(=O)c2cccc(NC3=CC(=O)C(=O)c4ccccc43)c2)c1C. The summed E-state index contributed by atoms with van der Waals surface area (Å²) < 4.78 is 0. The number of carbonyl (C=O) groups is 5. The molecule has 174 valence electrons. The minimum atomic E-state index is -0.853. The number of allylic oxidation sites excluding steroid dienone is 1. The molecule has 7 nitrogen and oxygen atoms in total. The third kappa shape index (κ3) is 4.99. The highest BCUT2D eigenvalue weighted by Crippen LogP contribution is 2.27. The summed E-state index contributed by atoms with van der Waals surface area (Å²) in [5.41, 5.74) is 4.37. The Kier molecular flexibility index (Phi) is 6.51. The maximum Gasteiger partial charge on any atom is 0.292 e. The third-order valence-corrected chi connectivity index (χ3v) is 5.85. The van der Waals surface area contributed by atoms with Crippen LogP contribution < -0.4 is 10.6 Å². The van der Waals surface area contributed by atoms with E-state index < -0.39 is 35.5 Å². The molecule has 0 bridgehead atoms. The van der Waals surface area contributed by atoms with Gasteiger partial charge in [0.25, 0.3) is 5.91 Å². The molecule has 0 aromatic heterocycles. The summed E-state index contributed by atoms with van der Waals surface area (Å²) in [6.07, 6.45) is 0.638. The van der Waals surface area contributed by atoms with Crippen LogP contribution in [0.1, 0.15) is 43.8 Å². The zero-order valence-corrected chi connectivity index (χ0v) is 19.2. The van der Waals surface area contributed by atoms with Gasteiger partial charge in [0, 0.05) is 34.1 Å². The highest BCUT2D eigenvalue weighted by Gasteiger charge is 2.25. The molecular weight excluding hydrogens is 444 g/mol. The number of fused-ring (bicyclic) bond motifs is 1. The summed E-state index contributed by atoms with van der Waals surface area (Å²) in [7, 11) is 0. The second kappa shape index (κ2) is 9.69. The van der Waals surface area contributed by atoms with Crippen LogP contribution in [0.15, 0.2) is 72.8 Å². The average molecular weight is 466 g/mol. The first-order chi connectivity index (χ1) is 16.7. The van der Waals surface area contributed by atoms with Gasteiger partial charge in [0.1, 0.15) is 0 Å². The molecule has 4 rings (SSSR count). The summed E-state index contributed by atoms with van der Waals surface area (Å²) >= 11 is 0. The van der Waals surface area contributed by atoms with Gasteiger partial charge in [-0.15, -0.1) is 0 Å². The molecule has 0 aliphatic heterocycles. The fraction of sp³-hybridized carbons (Fsp3) is 0.107. The maximum atomic E-state index is 12.7. The van der Waals surface area contributed by atoms with E-state index in [2.05, 4.69) is 10.6 Å². The first-order valence-corrected chi connectivity index (χ1v) is 10.9. The number of hydrogen-bond acceptors (Lipinski definition) is 6. The number of nitrogens with one attached hydrogen (secondary N) is 2. The highest BCUT2D eigenvalue weighted by atomic mass is 16.2. The summed E-state index contributed by atoms with van der Waals surface area (Å²) in [6.45, 7) is 3.73. The van der Waals surface area contributed by atoms with Crippen molar-refractivity contribution in [3.8, 4) is 0 Å². The van der Waals surface area contributed by atoms with Crippen molar-refractivity contribution in [1.82, 2.24) is 0 Å². The number of anilines is 2. The summed E-state index contributed by atoms with van der Waals surface area (Å²) in [6, 6.07) is 18.5. The van der Waals surface area contributed by atoms with Crippen molar-refractivity contribution in [3.05, 3.63) is 101 Å². The lowest BCUT2D eigenvalue weighted by Gasteiger charge is -2.18. The van der Waals surface area contributed by atoms with Crippen LogP contribution in [0.25, 0.3) is 5.70 Å². The first kappa shape index (κ1) is 23.5.